The highest BCUT2D eigenvalue weighted by atomic mass is 16.5. The standard InChI is InChI=1S/C17H17N3O3/c1-3-20-14-10-13(4-5-15(14)23-11(2)17(20)22)19-16(21)12-6-8-18-9-7-12/h4-11H,3H2,1-2H3,(H,19,21). The summed E-state index contributed by atoms with van der Waals surface area (Å²) in [5.41, 5.74) is 1.80. The van der Waals surface area contributed by atoms with Crippen LogP contribution in [-0.4, -0.2) is 29.4 Å². The first-order valence-electron chi connectivity index (χ1n) is 7.43. The van der Waals surface area contributed by atoms with Gasteiger partial charge in [-0.2, -0.15) is 0 Å². The van der Waals surface area contributed by atoms with Gasteiger partial charge in [0.15, 0.2) is 6.10 Å². The lowest BCUT2D eigenvalue weighted by Gasteiger charge is -2.32. The number of ether oxygens (including phenoxy) is 1. The number of rotatable bonds is 3. The minimum Gasteiger partial charge on any atom is -0.479 e. The van der Waals surface area contributed by atoms with Gasteiger partial charge in [-0.05, 0) is 44.2 Å². The Bertz CT molecular complexity index is 746. The number of anilines is 2. The molecule has 0 saturated carbocycles. The molecule has 1 aliphatic heterocycles. The Morgan fingerprint density at radius 3 is 2.74 bits per heavy atom. The lowest BCUT2D eigenvalue weighted by Crippen LogP contribution is -2.44. The van der Waals surface area contributed by atoms with Gasteiger partial charge in [0.25, 0.3) is 11.8 Å². The van der Waals surface area contributed by atoms with Crippen molar-refractivity contribution in [2.75, 3.05) is 16.8 Å². The van der Waals surface area contributed by atoms with Gasteiger partial charge >= 0.3 is 0 Å². The van der Waals surface area contributed by atoms with Gasteiger partial charge in [-0.25, -0.2) is 0 Å². The molecule has 0 radical (unpaired) electrons. The minimum absolute atomic E-state index is 0.0855. The van der Waals surface area contributed by atoms with Gasteiger partial charge in [-0.15, -0.1) is 0 Å². The molecule has 0 spiro atoms. The monoisotopic (exact) mass is 311 g/mol. The summed E-state index contributed by atoms with van der Waals surface area (Å²) >= 11 is 0. The third kappa shape index (κ3) is 2.88. The third-order valence-electron chi connectivity index (χ3n) is 3.68. The Labute approximate surface area is 134 Å². The first-order valence-corrected chi connectivity index (χ1v) is 7.43. The van der Waals surface area contributed by atoms with E-state index in [1.165, 1.54) is 0 Å². The van der Waals surface area contributed by atoms with Crippen LogP contribution in [-0.2, 0) is 4.79 Å². The Kier molecular flexibility index (Phi) is 3.97. The number of pyridine rings is 1. The highest BCUT2D eigenvalue weighted by Gasteiger charge is 2.30. The zero-order valence-electron chi connectivity index (χ0n) is 12.9. The quantitative estimate of drug-likeness (QED) is 0.945. The summed E-state index contributed by atoms with van der Waals surface area (Å²) in [6.45, 7) is 4.18. The van der Waals surface area contributed by atoms with Gasteiger partial charge in [-0.3, -0.25) is 14.6 Å². The van der Waals surface area contributed by atoms with Crippen molar-refractivity contribution in [1.82, 2.24) is 4.98 Å². The summed E-state index contributed by atoms with van der Waals surface area (Å²) in [4.78, 5) is 29.9. The molecule has 0 aliphatic carbocycles. The fraction of sp³-hybridized carbons (Fsp3) is 0.235. The average Bonchev–Trinajstić information content (AvgIpc) is 2.57. The lowest BCUT2D eigenvalue weighted by molar-refractivity contribution is -0.125. The van der Waals surface area contributed by atoms with Crippen LogP contribution in [0.3, 0.4) is 0 Å². The largest absolute Gasteiger partial charge is 0.479 e. The molecule has 118 valence electrons. The number of hydrogen-bond donors (Lipinski definition) is 1. The second-order valence-electron chi connectivity index (χ2n) is 5.22. The van der Waals surface area contributed by atoms with E-state index in [4.69, 9.17) is 4.74 Å². The highest BCUT2D eigenvalue weighted by molar-refractivity contribution is 6.05. The molecular weight excluding hydrogens is 294 g/mol. The van der Waals surface area contributed by atoms with Gasteiger partial charge < -0.3 is 15.0 Å². The summed E-state index contributed by atoms with van der Waals surface area (Å²) in [7, 11) is 0. The second kappa shape index (κ2) is 6.08. The molecule has 1 aromatic carbocycles. The molecule has 2 aromatic rings. The maximum absolute atomic E-state index is 12.2. The number of benzene rings is 1. The molecule has 2 amide bonds. The van der Waals surface area contributed by atoms with Gasteiger partial charge in [0, 0.05) is 30.2 Å². The maximum atomic E-state index is 12.2. The van der Waals surface area contributed by atoms with E-state index >= 15 is 0 Å². The van der Waals surface area contributed by atoms with Crippen molar-refractivity contribution < 1.29 is 14.3 Å². The Hall–Kier alpha value is -2.89. The zero-order chi connectivity index (χ0) is 16.4. The van der Waals surface area contributed by atoms with Gasteiger partial charge in [0.2, 0.25) is 0 Å². The van der Waals surface area contributed by atoms with Crippen LogP contribution in [0.15, 0.2) is 42.7 Å². The third-order valence-corrected chi connectivity index (χ3v) is 3.68. The lowest BCUT2D eigenvalue weighted by atomic mass is 10.1. The van der Waals surface area contributed by atoms with Crippen molar-refractivity contribution in [3.8, 4) is 5.75 Å². The molecular formula is C17H17N3O3. The first-order chi connectivity index (χ1) is 11.1. The zero-order valence-corrected chi connectivity index (χ0v) is 12.9. The molecule has 1 aromatic heterocycles. The van der Waals surface area contributed by atoms with E-state index in [0.29, 0.717) is 29.2 Å². The van der Waals surface area contributed by atoms with E-state index < -0.39 is 6.10 Å². The van der Waals surface area contributed by atoms with E-state index in [-0.39, 0.29) is 11.8 Å². The van der Waals surface area contributed by atoms with Crippen LogP contribution in [0.4, 0.5) is 11.4 Å². The van der Waals surface area contributed by atoms with Crippen molar-refractivity contribution in [3.63, 3.8) is 0 Å². The Morgan fingerprint density at radius 2 is 2.04 bits per heavy atom. The van der Waals surface area contributed by atoms with Crippen LogP contribution in [0, 0.1) is 0 Å². The number of amides is 2. The van der Waals surface area contributed by atoms with Gasteiger partial charge in [-0.1, -0.05) is 0 Å². The molecule has 0 saturated heterocycles. The number of carbonyl (C=O) groups is 2. The fourth-order valence-corrected chi connectivity index (χ4v) is 2.52. The van der Waals surface area contributed by atoms with E-state index in [1.54, 1.807) is 54.5 Å². The van der Waals surface area contributed by atoms with Crippen LogP contribution in [0.25, 0.3) is 0 Å². The second-order valence-corrected chi connectivity index (χ2v) is 5.22. The number of nitrogens with zero attached hydrogens (tertiary/aromatic N) is 2. The van der Waals surface area contributed by atoms with Gasteiger partial charge in [0.1, 0.15) is 5.75 Å². The van der Waals surface area contributed by atoms with Gasteiger partial charge in [0.05, 0.1) is 5.69 Å². The van der Waals surface area contributed by atoms with Crippen LogP contribution in [0.5, 0.6) is 5.75 Å². The summed E-state index contributed by atoms with van der Waals surface area (Å²) in [6.07, 6.45) is 2.63. The molecule has 23 heavy (non-hydrogen) atoms. The SMILES string of the molecule is CCN1C(=O)C(C)Oc2ccc(NC(=O)c3ccncc3)cc21. The van der Waals surface area contributed by atoms with Crippen LogP contribution in [0.1, 0.15) is 24.2 Å². The molecule has 0 fully saturated rings. The predicted molar refractivity (Wildman–Crippen MR) is 86.7 cm³/mol. The first kappa shape index (κ1) is 15.0. The number of hydrogen-bond acceptors (Lipinski definition) is 4. The number of aromatic nitrogens is 1. The summed E-state index contributed by atoms with van der Waals surface area (Å²) < 4.78 is 5.61. The fourth-order valence-electron chi connectivity index (χ4n) is 2.52. The molecule has 0 bridgehead atoms. The molecule has 6 heteroatoms. The van der Waals surface area contributed by atoms with Crippen LogP contribution in [0.2, 0.25) is 0 Å². The van der Waals surface area contributed by atoms with Crippen molar-refractivity contribution in [3.05, 3.63) is 48.3 Å². The Morgan fingerprint density at radius 1 is 1.30 bits per heavy atom. The van der Waals surface area contributed by atoms with Crippen molar-refractivity contribution >= 4 is 23.2 Å². The Balaban J connectivity index is 1.87. The molecule has 3 rings (SSSR count). The number of carbonyl (C=O) groups excluding carboxylic acids is 2. The molecule has 1 N–H and O–H groups in total. The molecule has 1 aliphatic rings. The molecule has 1 atom stereocenters. The predicted octanol–water partition coefficient (Wildman–Crippen LogP) is 2.47. The van der Waals surface area contributed by atoms with Crippen molar-refractivity contribution in [1.29, 1.82) is 0 Å². The van der Waals surface area contributed by atoms with E-state index in [9.17, 15) is 9.59 Å². The van der Waals surface area contributed by atoms with E-state index in [1.807, 2.05) is 6.92 Å². The maximum Gasteiger partial charge on any atom is 0.267 e. The average molecular weight is 311 g/mol. The summed E-state index contributed by atoms with van der Waals surface area (Å²) in [5.74, 6) is 0.324. The topological polar surface area (TPSA) is 71.5 Å². The van der Waals surface area contributed by atoms with Crippen molar-refractivity contribution in [2.45, 2.75) is 20.0 Å². The summed E-state index contributed by atoms with van der Waals surface area (Å²) in [6, 6.07) is 8.56. The normalized spacial score (nSPS) is 16.5. The highest BCUT2D eigenvalue weighted by Crippen LogP contribution is 2.36. The molecule has 6 nitrogen and oxygen atoms in total. The molecule has 2 heterocycles. The summed E-state index contributed by atoms with van der Waals surface area (Å²) in [5, 5.41) is 2.82. The van der Waals surface area contributed by atoms with E-state index in [0.717, 1.165) is 0 Å². The number of nitrogens with one attached hydrogen (secondary N) is 1. The van der Waals surface area contributed by atoms with Crippen LogP contribution < -0.4 is 15.0 Å². The molecule has 1 unspecified atom stereocenters. The smallest absolute Gasteiger partial charge is 0.267 e. The minimum atomic E-state index is -0.500. The van der Waals surface area contributed by atoms with Crippen LogP contribution >= 0.6 is 0 Å². The number of fused-ring (bicyclic) bond motifs is 1. The van der Waals surface area contributed by atoms with E-state index in [2.05, 4.69) is 10.3 Å². The number of likely N-dealkylation sites (N-methyl/N-ethyl adjacent to an activating group) is 1. The van der Waals surface area contributed by atoms with Crippen molar-refractivity contribution in [2.24, 2.45) is 0 Å².